The van der Waals surface area contributed by atoms with Gasteiger partial charge in [0, 0.05) is 23.5 Å². The van der Waals surface area contributed by atoms with Crippen molar-refractivity contribution in [3.63, 3.8) is 0 Å². The van der Waals surface area contributed by atoms with Gasteiger partial charge in [0.2, 0.25) is 10.0 Å². The van der Waals surface area contributed by atoms with Crippen LogP contribution >= 0.6 is 11.8 Å². The molecule has 150 valence electrons. The molecule has 2 aromatic carbocycles. The number of nitrogens with zero attached hydrogens (tertiary/aromatic N) is 1. The van der Waals surface area contributed by atoms with Gasteiger partial charge in [-0.05, 0) is 49.2 Å². The van der Waals surface area contributed by atoms with Crippen molar-refractivity contribution in [2.24, 2.45) is 0 Å². The molecule has 0 spiro atoms. The highest BCUT2D eigenvalue weighted by Gasteiger charge is 2.28. The number of nitrogens with one attached hydrogen (secondary N) is 1. The summed E-state index contributed by atoms with van der Waals surface area (Å²) in [6.07, 6.45) is 2.64. The van der Waals surface area contributed by atoms with E-state index in [1.807, 2.05) is 0 Å². The molecule has 0 atom stereocenters. The van der Waals surface area contributed by atoms with Crippen molar-refractivity contribution in [1.82, 2.24) is 4.31 Å². The van der Waals surface area contributed by atoms with Gasteiger partial charge in [-0.3, -0.25) is 4.79 Å². The molecular weight excluding hydrogens is 406 g/mol. The highest BCUT2D eigenvalue weighted by atomic mass is 32.2. The summed E-state index contributed by atoms with van der Waals surface area (Å²) in [5, 5.41) is 2.63. The molecule has 0 saturated carbocycles. The van der Waals surface area contributed by atoms with Crippen LogP contribution in [0.15, 0.2) is 58.3 Å². The van der Waals surface area contributed by atoms with Crippen molar-refractivity contribution in [2.45, 2.75) is 34.8 Å². The zero-order chi connectivity index (χ0) is 20.1. The Morgan fingerprint density at radius 1 is 1.00 bits per heavy atom. The number of carbonyl (C=O) groups excluding carboxylic acids is 1. The van der Waals surface area contributed by atoms with Crippen molar-refractivity contribution in [3.8, 4) is 0 Å². The molecule has 1 N–H and O–H groups in total. The second-order valence-electron chi connectivity index (χ2n) is 6.32. The molecule has 28 heavy (non-hydrogen) atoms. The SMILES string of the molecule is O=C(Nc1ccccc1S(=O)(=O)N1CCCCC1)c1ccc(SC(F)F)cc1. The molecule has 1 fully saturated rings. The van der Waals surface area contributed by atoms with Crippen LogP contribution in [-0.2, 0) is 10.0 Å². The van der Waals surface area contributed by atoms with E-state index in [9.17, 15) is 22.0 Å². The van der Waals surface area contributed by atoms with Gasteiger partial charge in [0.1, 0.15) is 4.90 Å². The average molecular weight is 427 g/mol. The first-order chi connectivity index (χ1) is 13.4. The van der Waals surface area contributed by atoms with E-state index in [1.165, 1.54) is 40.7 Å². The van der Waals surface area contributed by atoms with Crippen LogP contribution in [0, 0.1) is 0 Å². The second-order valence-corrected chi connectivity index (χ2v) is 9.29. The third-order valence-electron chi connectivity index (χ3n) is 4.41. The van der Waals surface area contributed by atoms with Gasteiger partial charge in [0.25, 0.3) is 11.7 Å². The molecule has 5 nitrogen and oxygen atoms in total. The summed E-state index contributed by atoms with van der Waals surface area (Å²) in [5.41, 5.74) is 0.452. The van der Waals surface area contributed by atoms with Gasteiger partial charge in [0.15, 0.2) is 0 Å². The number of benzene rings is 2. The fraction of sp³-hybridized carbons (Fsp3) is 0.316. The van der Waals surface area contributed by atoms with Crippen molar-refractivity contribution >= 4 is 33.4 Å². The highest BCUT2D eigenvalue weighted by molar-refractivity contribution is 7.99. The molecule has 0 radical (unpaired) electrons. The number of rotatable bonds is 6. The molecule has 0 aromatic heterocycles. The van der Waals surface area contributed by atoms with Crippen LogP contribution in [0.3, 0.4) is 0 Å². The number of carbonyl (C=O) groups is 1. The number of hydrogen-bond donors (Lipinski definition) is 1. The number of halogens is 2. The number of para-hydroxylation sites is 1. The summed E-state index contributed by atoms with van der Waals surface area (Å²) >= 11 is 0.395. The fourth-order valence-electron chi connectivity index (χ4n) is 3.02. The lowest BCUT2D eigenvalue weighted by Crippen LogP contribution is -2.36. The number of sulfonamides is 1. The Morgan fingerprint density at radius 3 is 2.29 bits per heavy atom. The lowest BCUT2D eigenvalue weighted by molar-refractivity contribution is 0.102. The third-order valence-corrected chi connectivity index (χ3v) is 7.09. The van der Waals surface area contributed by atoms with Gasteiger partial charge in [-0.2, -0.15) is 13.1 Å². The van der Waals surface area contributed by atoms with E-state index in [1.54, 1.807) is 12.1 Å². The van der Waals surface area contributed by atoms with Crippen LogP contribution in [0.2, 0.25) is 0 Å². The molecule has 1 heterocycles. The average Bonchev–Trinajstić information content (AvgIpc) is 2.69. The molecule has 3 rings (SSSR count). The minimum atomic E-state index is -3.71. The Kier molecular flexibility index (Phi) is 6.69. The van der Waals surface area contributed by atoms with E-state index in [2.05, 4.69) is 5.32 Å². The van der Waals surface area contributed by atoms with Gasteiger partial charge in [-0.25, -0.2) is 8.42 Å². The van der Waals surface area contributed by atoms with Crippen LogP contribution in [0.4, 0.5) is 14.5 Å². The molecule has 9 heteroatoms. The van der Waals surface area contributed by atoms with Crippen molar-refractivity contribution in [1.29, 1.82) is 0 Å². The lowest BCUT2D eigenvalue weighted by atomic mass is 10.2. The molecular formula is C19H20F2N2O3S2. The maximum absolute atomic E-state index is 13.0. The van der Waals surface area contributed by atoms with Gasteiger partial charge in [-0.1, -0.05) is 30.3 Å². The van der Waals surface area contributed by atoms with E-state index in [4.69, 9.17) is 0 Å². The Balaban J connectivity index is 1.80. The maximum Gasteiger partial charge on any atom is 0.288 e. The van der Waals surface area contributed by atoms with Crippen molar-refractivity contribution in [2.75, 3.05) is 18.4 Å². The van der Waals surface area contributed by atoms with E-state index in [0.29, 0.717) is 29.7 Å². The fourth-order valence-corrected chi connectivity index (χ4v) is 5.18. The molecule has 0 bridgehead atoms. The van der Waals surface area contributed by atoms with Crippen LogP contribution in [0.25, 0.3) is 0 Å². The summed E-state index contributed by atoms with van der Waals surface area (Å²) < 4.78 is 52.2. The topological polar surface area (TPSA) is 66.5 Å². The Labute approximate surface area is 167 Å². The summed E-state index contributed by atoms with van der Waals surface area (Å²) in [4.78, 5) is 12.9. The molecule has 0 unspecified atom stereocenters. The largest absolute Gasteiger partial charge is 0.321 e. The number of amides is 1. The maximum atomic E-state index is 13.0. The normalized spacial score (nSPS) is 15.5. The summed E-state index contributed by atoms with van der Waals surface area (Å²) in [6, 6.07) is 12.0. The molecule has 2 aromatic rings. The van der Waals surface area contributed by atoms with Crippen LogP contribution < -0.4 is 5.32 Å². The van der Waals surface area contributed by atoms with Gasteiger partial charge >= 0.3 is 0 Å². The Morgan fingerprint density at radius 2 is 1.64 bits per heavy atom. The zero-order valence-electron chi connectivity index (χ0n) is 15.0. The lowest BCUT2D eigenvalue weighted by Gasteiger charge is -2.26. The van der Waals surface area contributed by atoms with E-state index in [-0.39, 0.29) is 16.1 Å². The molecule has 1 aliphatic heterocycles. The predicted octanol–water partition coefficient (Wildman–Crippen LogP) is 4.43. The Bertz CT molecular complexity index is 928. The highest BCUT2D eigenvalue weighted by Crippen LogP contribution is 2.28. The molecule has 1 saturated heterocycles. The summed E-state index contributed by atoms with van der Waals surface area (Å²) in [7, 11) is -3.71. The van der Waals surface area contributed by atoms with Crippen molar-refractivity contribution < 1.29 is 22.0 Å². The second kappa shape index (κ2) is 9.02. The number of anilines is 1. The van der Waals surface area contributed by atoms with E-state index < -0.39 is 21.7 Å². The molecule has 0 aliphatic carbocycles. The van der Waals surface area contributed by atoms with Crippen LogP contribution in [0.1, 0.15) is 29.6 Å². The summed E-state index contributed by atoms with van der Waals surface area (Å²) in [6.45, 7) is 0.932. The summed E-state index contributed by atoms with van der Waals surface area (Å²) in [5.74, 6) is -3.04. The third kappa shape index (κ3) is 4.89. The molecule has 1 aliphatic rings. The first-order valence-electron chi connectivity index (χ1n) is 8.83. The van der Waals surface area contributed by atoms with Crippen LogP contribution in [-0.4, -0.2) is 37.5 Å². The van der Waals surface area contributed by atoms with Gasteiger partial charge < -0.3 is 5.32 Å². The minimum absolute atomic E-state index is 0.0510. The predicted molar refractivity (Wildman–Crippen MR) is 105 cm³/mol. The Hall–Kier alpha value is -1.97. The van der Waals surface area contributed by atoms with Gasteiger partial charge in [-0.15, -0.1) is 0 Å². The monoisotopic (exact) mass is 426 g/mol. The minimum Gasteiger partial charge on any atom is -0.321 e. The smallest absolute Gasteiger partial charge is 0.288 e. The number of alkyl halides is 2. The number of piperidine rings is 1. The number of thioether (sulfide) groups is 1. The van der Waals surface area contributed by atoms with E-state index >= 15 is 0 Å². The quantitative estimate of drug-likeness (QED) is 0.694. The molecule has 1 amide bonds. The van der Waals surface area contributed by atoms with Gasteiger partial charge in [0.05, 0.1) is 5.69 Å². The van der Waals surface area contributed by atoms with E-state index in [0.717, 1.165) is 19.3 Å². The number of hydrogen-bond acceptors (Lipinski definition) is 4. The first-order valence-corrected chi connectivity index (χ1v) is 11.2. The standard InChI is InChI=1S/C19H20F2N2O3S2/c20-19(21)27-15-10-8-14(9-11-15)18(24)22-16-6-2-3-7-17(16)28(25,26)23-12-4-1-5-13-23/h2-3,6-11,19H,1,4-5,12-13H2,(H,22,24). The zero-order valence-corrected chi connectivity index (χ0v) is 16.6. The first kappa shape index (κ1) is 20.8. The van der Waals surface area contributed by atoms with Crippen molar-refractivity contribution in [3.05, 3.63) is 54.1 Å². The van der Waals surface area contributed by atoms with Crippen LogP contribution in [0.5, 0.6) is 0 Å².